The molecule has 0 aromatic carbocycles. The van der Waals surface area contributed by atoms with Crippen LogP contribution in [0, 0.1) is 5.92 Å². The van der Waals surface area contributed by atoms with Crippen molar-refractivity contribution in [3.8, 4) is 0 Å². The highest BCUT2D eigenvalue weighted by molar-refractivity contribution is 8.01. The summed E-state index contributed by atoms with van der Waals surface area (Å²) in [5, 5.41) is 15.4. The standard InChI is InChI=1S/C16H29N5O4S/c1-8(2)11(17)15(25)21-5-4-16(7-21)20-10(6-26-16)14(24)19-12(9(3)22)13(18)23/h8-12,20,22H,4-7,17H2,1-3H3,(H2,18,23)(H,19,24)/t9-,10?,11+,12+,16?/m1/s1. The number of rotatable bonds is 6. The average Bonchev–Trinajstić information content (AvgIpc) is 3.17. The molecule has 2 aliphatic rings. The van der Waals surface area contributed by atoms with E-state index in [2.05, 4.69) is 10.6 Å². The summed E-state index contributed by atoms with van der Waals surface area (Å²) in [5.74, 6) is -0.671. The Morgan fingerprint density at radius 1 is 1.35 bits per heavy atom. The second-order valence-corrected chi connectivity index (χ2v) is 8.81. The number of nitrogens with two attached hydrogens (primary N) is 2. The van der Waals surface area contributed by atoms with Crippen molar-refractivity contribution in [1.29, 1.82) is 0 Å². The summed E-state index contributed by atoms with van der Waals surface area (Å²) in [6.07, 6.45) is -0.357. The quantitative estimate of drug-likeness (QED) is 0.352. The second kappa shape index (κ2) is 8.12. The number of hydrogen-bond acceptors (Lipinski definition) is 7. The van der Waals surface area contributed by atoms with Crippen molar-refractivity contribution in [3.05, 3.63) is 0 Å². The summed E-state index contributed by atoms with van der Waals surface area (Å²) in [7, 11) is 0. The Hall–Kier alpha value is -1.36. The molecule has 3 amide bonds. The zero-order chi connectivity index (χ0) is 19.6. The number of nitrogens with one attached hydrogen (secondary N) is 2. The molecule has 7 N–H and O–H groups in total. The number of thioether (sulfide) groups is 1. The van der Waals surface area contributed by atoms with E-state index in [-0.39, 0.29) is 22.6 Å². The number of primary amides is 1. The molecule has 0 aromatic heterocycles. The zero-order valence-electron chi connectivity index (χ0n) is 15.4. The van der Waals surface area contributed by atoms with Gasteiger partial charge in [0.15, 0.2) is 0 Å². The van der Waals surface area contributed by atoms with Crippen LogP contribution in [0.5, 0.6) is 0 Å². The molecule has 2 saturated heterocycles. The van der Waals surface area contributed by atoms with Gasteiger partial charge >= 0.3 is 0 Å². The normalized spacial score (nSPS) is 29.0. The molecule has 2 fully saturated rings. The number of aliphatic hydroxyl groups is 1. The molecule has 148 valence electrons. The van der Waals surface area contributed by atoms with Gasteiger partial charge in [-0.25, -0.2) is 0 Å². The molecular weight excluding hydrogens is 358 g/mol. The van der Waals surface area contributed by atoms with E-state index in [1.807, 2.05) is 13.8 Å². The third-order valence-corrected chi connectivity index (χ3v) is 6.42. The lowest BCUT2D eigenvalue weighted by Gasteiger charge is -2.27. The zero-order valence-corrected chi connectivity index (χ0v) is 16.2. The second-order valence-electron chi connectivity index (χ2n) is 7.41. The lowest BCUT2D eigenvalue weighted by Crippen LogP contribution is -2.57. The maximum atomic E-state index is 12.4. The van der Waals surface area contributed by atoms with E-state index in [1.165, 1.54) is 6.92 Å². The molecule has 0 aromatic rings. The van der Waals surface area contributed by atoms with Crippen molar-refractivity contribution in [2.45, 2.75) is 56.3 Å². The van der Waals surface area contributed by atoms with E-state index >= 15 is 0 Å². The van der Waals surface area contributed by atoms with Gasteiger partial charge in [0.1, 0.15) is 6.04 Å². The third-order valence-electron chi connectivity index (χ3n) is 4.91. The van der Waals surface area contributed by atoms with Crippen molar-refractivity contribution in [1.82, 2.24) is 15.5 Å². The maximum absolute atomic E-state index is 12.4. The monoisotopic (exact) mass is 387 g/mol. The Bertz CT molecular complexity index is 573. The number of carbonyl (C=O) groups is 3. The fraction of sp³-hybridized carbons (Fsp3) is 0.812. The summed E-state index contributed by atoms with van der Waals surface area (Å²) >= 11 is 1.59. The van der Waals surface area contributed by atoms with Crippen LogP contribution in [0.3, 0.4) is 0 Å². The highest BCUT2D eigenvalue weighted by Crippen LogP contribution is 2.38. The van der Waals surface area contributed by atoms with Gasteiger partial charge in [-0.2, -0.15) is 0 Å². The SMILES string of the molecule is CC(C)[C@H](N)C(=O)N1CCC2(C1)NC(C(=O)N[C@H](C(N)=O)[C@@H](C)O)CS2. The highest BCUT2D eigenvalue weighted by Gasteiger charge is 2.48. The van der Waals surface area contributed by atoms with Crippen molar-refractivity contribution in [2.24, 2.45) is 17.4 Å². The Labute approximate surface area is 157 Å². The fourth-order valence-electron chi connectivity index (χ4n) is 3.17. The average molecular weight is 388 g/mol. The lowest BCUT2D eigenvalue weighted by molar-refractivity contribution is -0.132. The molecule has 2 aliphatic heterocycles. The van der Waals surface area contributed by atoms with Gasteiger partial charge in [-0.15, -0.1) is 11.8 Å². The van der Waals surface area contributed by atoms with Gasteiger partial charge in [0.05, 0.1) is 23.1 Å². The summed E-state index contributed by atoms with van der Waals surface area (Å²) in [4.78, 5) is 37.6. The molecule has 9 nitrogen and oxygen atoms in total. The van der Waals surface area contributed by atoms with E-state index in [0.29, 0.717) is 25.3 Å². The first kappa shape index (κ1) is 20.9. The molecule has 26 heavy (non-hydrogen) atoms. The fourth-order valence-corrected chi connectivity index (χ4v) is 4.60. The molecule has 5 atom stereocenters. The highest BCUT2D eigenvalue weighted by atomic mass is 32.2. The van der Waals surface area contributed by atoms with Crippen molar-refractivity contribution in [3.63, 3.8) is 0 Å². The molecular formula is C16H29N5O4S. The third kappa shape index (κ3) is 4.48. The number of amides is 3. The number of aliphatic hydroxyl groups excluding tert-OH is 1. The van der Waals surface area contributed by atoms with Crippen LogP contribution in [-0.4, -0.2) is 75.7 Å². The van der Waals surface area contributed by atoms with Crippen LogP contribution in [0.1, 0.15) is 27.2 Å². The van der Waals surface area contributed by atoms with Gasteiger partial charge in [-0.05, 0) is 19.3 Å². The van der Waals surface area contributed by atoms with Crippen LogP contribution < -0.4 is 22.1 Å². The first-order chi connectivity index (χ1) is 12.1. The number of likely N-dealkylation sites (tertiary alicyclic amines) is 1. The Morgan fingerprint density at radius 3 is 2.54 bits per heavy atom. The number of carbonyl (C=O) groups excluding carboxylic acids is 3. The van der Waals surface area contributed by atoms with E-state index < -0.39 is 30.1 Å². The van der Waals surface area contributed by atoms with Crippen LogP contribution in [0.25, 0.3) is 0 Å². The molecule has 2 heterocycles. The topological polar surface area (TPSA) is 151 Å². The van der Waals surface area contributed by atoms with Crippen molar-refractivity contribution in [2.75, 3.05) is 18.8 Å². The Balaban J connectivity index is 1.95. The maximum Gasteiger partial charge on any atom is 0.242 e. The lowest BCUT2D eigenvalue weighted by atomic mass is 10.0. The summed E-state index contributed by atoms with van der Waals surface area (Å²) in [6.45, 7) is 6.29. The minimum atomic E-state index is -1.13. The van der Waals surface area contributed by atoms with E-state index in [1.54, 1.807) is 16.7 Å². The van der Waals surface area contributed by atoms with Gasteiger partial charge in [-0.3, -0.25) is 19.7 Å². The van der Waals surface area contributed by atoms with Crippen LogP contribution >= 0.6 is 11.8 Å². The van der Waals surface area contributed by atoms with Gasteiger partial charge in [0.25, 0.3) is 0 Å². The van der Waals surface area contributed by atoms with Crippen LogP contribution in [0.15, 0.2) is 0 Å². The van der Waals surface area contributed by atoms with Crippen molar-refractivity contribution < 1.29 is 19.5 Å². The van der Waals surface area contributed by atoms with E-state index in [0.717, 1.165) is 0 Å². The molecule has 0 saturated carbocycles. The Kier molecular flexibility index (Phi) is 6.54. The summed E-state index contributed by atoms with van der Waals surface area (Å²) in [6, 6.07) is -2.18. The first-order valence-electron chi connectivity index (χ1n) is 8.80. The molecule has 0 bridgehead atoms. The Morgan fingerprint density at radius 2 is 2.00 bits per heavy atom. The predicted molar refractivity (Wildman–Crippen MR) is 98.9 cm³/mol. The largest absolute Gasteiger partial charge is 0.391 e. The van der Waals surface area contributed by atoms with Gasteiger partial charge in [0, 0.05) is 18.8 Å². The number of hydrogen-bond donors (Lipinski definition) is 5. The van der Waals surface area contributed by atoms with Gasteiger partial charge < -0.3 is 26.8 Å². The molecule has 0 aliphatic carbocycles. The summed E-state index contributed by atoms with van der Waals surface area (Å²) < 4.78 is 0. The molecule has 2 unspecified atom stereocenters. The van der Waals surface area contributed by atoms with Crippen molar-refractivity contribution >= 4 is 29.5 Å². The minimum absolute atomic E-state index is 0.0629. The van der Waals surface area contributed by atoms with Crippen LogP contribution in [0.2, 0.25) is 0 Å². The molecule has 10 heteroatoms. The molecule has 0 radical (unpaired) electrons. The van der Waals surface area contributed by atoms with Gasteiger partial charge in [-0.1, -0.05) is 13.8 Å². The van der Waals surface area contributed by atoms with Crippen LogP contribution in [-0.2, 0) is 14.4 Å². The predicted octanol–water partition coefficient (Wildman–Crippen LogP) is -2.05. The number of nitrogens with zero attached hydrogens (tertiary/aromatic N) is 1. The van der Waals surface area contributed by atoms with Gasteiger partial charge in [0.2, 0.25) is 17.7 Å². The van der Waals surface area contributed by atoms with Crippen LogP contribution in [0.4, 0.5) is 0 Å². The van der Waals surface area contributed by atoms with E-state index in [4.69, 9.17) is 11.5 Å². The molecule has 2 rings (SSSR count). The molecule has 1 spiro atoms. The minimum Gasteiger partial charge on any atom is -0.391 e. The smallest absolute Gasteiger partial charge is 0.242 e. The van der Waals surface area contributed by atoms with E-state index in [9.17, 15) is 19.5 Å². The summed E-state index contributed by atoms with van der Waals surface area (Å²) in [5.41, 5.74) is 11.2. The first-order valence-corrected chi connectivity index (χ1v) is 9.78.